The van der Waals surface area contributed by atoms with Crippen molar-refractivity contribution < 1.29 is 9.59 Å². The Balaban J connectivity index is 1.32. The summed E-state index contributed by atoms with van der Waals surface area (Å²) >= 11 is 7.51. The molecule has 0 spiro atoms. The van der Waals surface area contributed by atoms with Crippen LogP contribution in [0, 0.1) is 0 Å². The lowest BCUT2D eigenvalue weighted by Gasteiger charge is -2.24. The van der Waals surface area contributed by atoms with Crippen molar-refractivity contribution in [1.82, 2.24) is 10.2 Å². The molecule has 4 aromatic rings. The largest absolute Gasteiger partial charge is 0.351 e. The molecule has 6 heteroatoms. The molecule has 5 rings (SSSR count). The first-order valence-electron chi connectivity index (χ1n) is 10.5. The van der Waals surface area contributed by atoms with Gasteiger partial charge in [0.2, 0.25) is 0 Å². The Morgan fingerprint density at radius 3 is 2.62 bits per heavy atom. The molecule has 0 aliphatic carbocycles. The van der Waals surface area contributed by atoms with Crippen molar-refractivity contribution in [2.75, 3.05) is 13.1 Å². The average Bonchev–Trinajstić information content (AvgIpc) is 3.38. The van der Waals surface area contributed by atoms with Gasteiger partial charge in [-0.2, -0.15) is 0 Å². The number of amides is 2. The molecule has 2 amide bonds. The zero-order chi connectivity index (χ0) is 22.1. The molecule has 3 aromatic carbocycles. The van der Waals surface area contributed by atoms with Gasteiger partial charge in [-0.3, -0.25) is 9.59 Å². The molecule has 1 aromatic heterocycles. The fraction of sp³-hybridized carbons (Fsp3) is 0.154. The number of thiophene rings is 1. The van der Waals surface area contributed by atoms with Crippen molar-refractivity contribution in [1.29, 1.82) is 0 Å². The molecule has 1 atom stereocenters. The third-order valence-corrected chi connectivity index (χ3v) is 7.15. The molecule has 1 aliphatic rings. The summed E-state index contributed by atoms with van der Waals surface area (Å²) in [6.07, 6.45) is 0. The Labute approximate surface area is 195 Å². The Bertz CT molecular complexity index is 1300. The van der Waals surface area contributed by atoms with Crippen LogP contribution >= 0.6 is 22.9 Å². The molecule has 0 saturated carbocycles. The molecule has 1 N–H and O–H groups in total. The predicted molar refractivity (Wildman–Crippen MR) is 130 cm³/mol. The van der Waals surface area contributed by atoms with Gasteiger partial charge in [-0.1, -0.05) is 66.2 Å². The van der Waals surface area contributed by atoms with Gasteiger partial charge >= 0.3 is 0 Å². The van der Waals surface area contributed by atoms with Gasteiger partial charge in [0.1, 0.15) is 0 Å². The number of hydrogen-bond donors (Lipinski definition) is 1. The SMILES string of the molecule is O=C(NCC(CN1Cc2ccccc2C1=O)c1ccccc1)c1cc2ccc(Cl)cc2s1. The van der Waals surface area contributed by atoms with E-state index < -0.39 is 0 Å². The Kier molecular flexibility index (Phi) is 5.68. The summed E-state index contributed by atoms with van der Waals surface area (Å²) in [5, 5.41) is 4.75. The zero-order valence-electron chi connectivity index (χ0n) is 17.3. The van der Waals surface area contributed by atoms with Crippen LogP contribution in [-0.4, -0.2) is 29.8 Å². The van der Waals surface area contributed by atoms with E-state index in [2.05, 4.69) is 5.32 Å². The van der Waals surface area contributed by atoms with Crippen LogP contribution in [0.1, 0.15) is 37.1 Å². The molecule has 4 nitrogen and oxygen atoms in total. The molecular weight excluding hydrogens is 440 g/mol. The maximum Gasteiger partial charge on any atom is 0.261 e. The van der Waals surface area contributed by atoms with Gasteiger partial charge < -0.3 is 10.2 Å². The Morgan fingerprint density at radius 2 is 1.81 bits per heavy atom. The molecule has 1 unspecified atom stereocenters. The van der Waals surface area contributed by atoms with Crippen LogP contribution in [0.4, 0.5) is 0 Å². The van der Waals surface area contributed by atoms with Gasteiger partial charge in [-0.05, 0) is 40.8 Å². The van der Waals surface area contributed by atoms with E-state index in [1.54, 1.807) is 0 Å². The van der Waals surface area contributed by atoms with E-state index in [1.807, 2.05) is 83.8 Å². The first-order chi connectivity index (χ1) is 15.6. The van der Waals surface area contributed by atoms with Crippen LogP contribution in [-0.2, 0) is 6.54 Å². The lowest BCUT2D eigenvalue weighted by atomic mass is 9.98. The number of nitrogens with zero attached hydrogens (tertiary/aromatic N) is 1. The van der Waals surface area contributed by atoms with Crippen molar-refractivity contribution in [3.8, 4) is 0 Å². The average molecular weight is 461 g/mol. The van der Waals surface area contributed by atoms with E-state index in [0.29, 0.717) is 29.5 Å². The third-order valence-electron chi connectivity index (χ3n) is 5.82. The minimum Gasteiger partial charge on any atom is -0.351 e. The van der Waals surface area contributed by atoms with Crippen LogP contribution < -0.4 is 5.32 Å². The summed E-state index contributed by atoms with van der Waals surface area (Å²) < 4.78 is 0.989. The first kappa shape index (κ1) is 20.7. The van der Waals surface area contributed by atoms with Crippen molar-refractivity contribution in [3.63, 3.8) is 0 Å². The highest BCUT2D eigenvalue weighted by Crippen LogP contribution is 2.29. The second-order valence-corrected chi connectivity index (χ2v) is 9.47. The summed E-state index contributed by atoms with van der Waals surface area (Å²) in [5.74, 6) is -0.0734. The van der Waals surface area contributed by atoms with Crippen molar-refractivity contribution >= 4 is 44.8 Å². The predicted octanol–water partition coefficient (Wildman–Crippen LogP) is 5.72. The molecule has 1 aliphatic heterocycles. The highest BCUT2D eigenvalue weighted by atomic mass is 35.5. The second kappa shape index (κ2) is 8.77. The van der Waals surface area contributed by atoms with Crippen LogP contribution in [0.3, 0.4) is 0 Å². The van der Waals surface area contributed by atoms with Crippen molar-refractivity contribution in [2.24, 2.45) is 0 Å². The normalized spacial score (nSPS) is 13.9. The van der Waals surface area contributed by atoms with E-state index in [1.165, 1.54) is 11.3 Å². The van der Waals surface area contributed by atoms with Gasteiger partial charge in [0.15, 0.2) is 0 Å². The van der Waals surface area contributed by atoms with Gasteiger partial charge in [0.05, 0.1) is 4.88 Å². The summed E-state index contributed by atoms with van der Waals surface area (Å²) in [4.78, 5) is 28.3. The lowest BCUT2D eigenvalue weighted by molar-refractivity contribution is 0.0767. The zero-order valence-corrected chi connectivity index (χ0v) is 18.8. The number of halogens is 1. The maximum atomic E-state index is 12.9. The lowest BCUT2D eigenvalue weighted by Crippen LogP contribution is -2.35. The first-order valence-corrected chi connectivity index (χ1v) is 11.7. The summed E-state index contributed by atoms with van der Waals surface area (Å²) in [6, 6.07) is 25.3. The number of nitrogens with one attached hydrogen (secondary N) is 1. The molecule has 0 bridgehead atoms. The van der Waals surface area contributed by atoms with Crippen LogP contribution in [0.5, 0.6) is 0 Å². The third kappa shape index (κ3) is 4.14. The second-order valence-electron chi connectivity index (χ2n) is 7.95. The number of benzene rings is 3. The summed E-state index contributed by atoms with van der Waals surface area (Å²) in [5.41, 5.74) is 2.92. The number of hydrogen-bond acceptors (Lipinski definition) is 3. The van der Waals surface area contributed by atoms with Crippen LogP contribution in [0.15, 0.2) is 78.9 Å². The number of rotatable bonds is 6. The standard InChI is InChI=1S/C26H21ClN2O2S/c27-21-11-10-18-12-24(32-23(18)13-21)25(30)28-14-20(17-6-2-1-3-7-17)16-29-15-19-8-4-5-9-22(19)26(29)31/h1-13,20H,14-16H2,(H,28,30). The topological polar surface area (TPSA) is 49.4 Å². The fourth-order valence-electron chi connectivity index (χ4n) is 4.16. The van der Waals surface area contributed by atoms with Gasteiger partial charge in [-0.25, -0.2) is 0 Å². The van der Waals surface area contributed by atoms with E-state index in [0.717, 1.165) is 26.8 Å². The molecule has 0 radical (unpaired) electrons. The Hall–Kier alpha value is -3.15. The minimum atomic E-state index is -0.112. The molecule has 0 fully saturated rings. The van der Waals surface area contributed by atoms with Crippen LogP contribution in [0.25, 0.3) is 10.1 Å². The molecule has 160 valence electrons. The highest BCUT2D eigenvalue weighted by Gasteiger charge is 2.29. The van der Waals surface area contributed by atoms with Gasteiger partial charge in [0.25, 0.3) is 11.8 Å². The van der Waals surface area contributed by atoms with E-state index in [9.17, 15) is 9.59 Å². The monoisotopic (exact) mass is 460 g/mol. The maximum absolute atomic E-state index is 12.9. The highest BCUT2D eigenvalue weighted by molar-refractivity contribution is 7.20. The van der Waals surface area contributed by atoms with E-state index in [-0.39, 0.29) is 17.7 Å². The van der Waals surface area contributed by atoms with Gasteiger partial charge in [0, 0.05) is 40.8 Å². The molecule has 2 heterocycles. The number of carbonyl (C=O) groups excluding carboxylic acids is 2. The fourth-order valence-corrected chi connectivity index (χ4v) is 5.42. The van der Waals surface area contributed by atoms with Crippen molar-refractivity contribution in [2.45, 2.75) is 12.5 Å². The number of carbonyl (C=O) groups is 2. The molecule has 0 saturated heterocycles. The van der Waals surface area contributed by atoms with Crippen molar-refractivity contribution in [3.05, 3.63) is 105 Å². The summed E-state index contributed by atoms with van der Waals surface area (Å²) in [6.45, 7) is 1.58. The Morgan fingerprint density at radius 1 is 1.03 bits per heavy atom. The molecular formula is C26H21ClN2O2S. The molecule has 32 heavy (non-hydrogen) atoms. The quantitative estimate of drug-likeness (QED) is 0.399. The smallest absolute Gasteiger partial charge is 0.261 e. The van der Waals surface area contributed by atoms with Crippen LogP contribution in [0.2, 0.25) is 5.02 Å². The summed E-state index contributed by atoms with van der Waals surface area (Å²) in [7, 11) is 0. The minimum absolute atomic E-state index is 0.0118. The number of fused-ring (bicyclic) bond motifs is 2. The van der Waals surface area contributed by atoms with E-state index in [4.69, 9.17) is 11.6 Å². The van der Waals surface area contributed by atoms with Gasteiger partial charge in [-0.15, -0.1) is 11.3 Å². The van der Waals surface area contributed by atoms with E-state index >= 15 is 0 Å².